The lowest BCUT2D eigenvalue weighted by molar-refractivity contribution is -0.138. The SMILES string of the molecule is N#Cc1ncc(C(F)(F)F)cc1S(=O)(=O)C1CCCCC1. The van der Waals surface area contributed by atoms with Crippen LogP contribution in [0.15, 0.2) is 17.2 Å². The Morgan fingerprint density at radius 3 is 2.38 bits per heavy atom. The monoisotopic (exact) mass is 318 g/mol. The van der Waals surface area contributed by atoms with Gasteiger partial charge >= 0.3 is 6.18 Å². The molecule has 0 atom stereocenters. The van der Waals surface area contributed by atoms with Gasteiger partial charge in [-0.2, -0.15) is 18.4 Å². The summed E-state index contributed by atoms with van der Waals surface area (Å²) < 4.78 is 63.1. The molecule has 1 aliphatic rings. The molecule has 2 rings (SSSR count). The Balaban J connectivity index is 2.53. The quantitative estimate of drug-likeness (QED) is 0.840. The average Bonchev–Trinajstić information content (AvgIpc) is 2.46. The fourth-order valence-corrected chi connectivity index (χ4v) is 4.43. The molecule has 114 valence electrons. The number of hydrogen-bond donors (Lipinski definition) is 0. The second-order valence-electron chi connectivity index (χ2n) is 4.99. The van der Waals surface area contributed by atoms with Crippen molar-refractivity contribution >= 4 is 9.84 Å². The highest BCUT2D eigenvalue weighted by molar-refractivity contribution is 7.92. The van der Waals surface area contributed by atoms with Gasteiger partial charge in [0.1, 0.15) is 11.0 Å². The molecule has 0 N–H and O–H groups in total. The maximum atomic E-state index is 12.7. The van der Waals surface area contributed by atoms with Gasteiger partial charge in [-0.25, -0.2) is 13.4 Å². The summed E-state index contributed by atoms with van der Waals surface area (Å²) in [5.74, 6) is 0. The number of nitrogens with zero attached hydrogens (tertiary/aromatic N) is 2. The predicted molar refractivity (Wildman–Crippen MR) is 68.0 cm³/mol. The van der Waals surface area contributed by atoms with Gasteiger partial charge in [-0.3, -0.25) is 0 Å². The average molecular weight is 318 g/mol. The van der Waals surface area contributed by atoms with E-state index in [-0.39, 0.29) is 0 Å². The van der Waals surface area contributed by atoms with Gasteiger partial charge in [0.2, 0.25) is 0 Å². The Bertz CT molecular complexity index is 672. The van der Waals surface area contributed by atoms with E-state index < -0.39 is 37.4 Å². The number of rotatable bonds is 2. The van der Waals surface area contributed by atoms with Gasteiger partial charge in [-0.1, -0.05) is 19.3 Å². The standard InChI is InChI=1S/C13H13F3N2O2S/c14-13(15,16)9-6-12(11(7-17)18-8-9)21(19,20)10-4-2-1-3-5-10/h6,8,10H,1-5H2. The molecule has 0 aliphatic heterocycles. The Kier molecular flexibility index (Phi) is 4.23. The first-order chi connectivity index (χ1) is 9.76. The number of sulfone groups is 1. The Morgan fingerprint density at radius 1 is 1.24 bits per heavy atom. The summed E-state index contributed by atoms with van der Waals surface area (Å²) in [4.78, 5) is 2.76. The molecule has 1 heterocycles. The van der Waals surface area contributed by atoms with Crippen LogP contribution in [0.5, 0.6) is 0 Å². The number of halogens is 3. The maximum Gasteiger partial charge on any atom is 0.417 e. The zero-order valence-electron chi connectivity index (χ0n) is 11.0. The molecule has 0 saturated heterocycles. The van der Waals surface area contributed by atoms with E-state index in [9.17, 15) is 21.6 Å². The minimum absolute atomic E-state index is 0.406. The van der Waals surface area contributed by atoms with Crippen LogP contribution in [0.1, 0.15) is 43.4 Å². The molecule has 1 fully saturated rings. The molecule has 0 spiro atoms. The first-order valence-corrected chi connectivity index (χ1v) is 8.02. The van der Waals surface area contributed by atoms with E-state index in [1.54, 1.807) is 6.07 Å². The second kappa shape index (κ2) is 5.64. The fraction of sp³-hybridized carbons (Fsp3) is 0.538. The lowest BCUT2D eigenvalue weighted by Crippen LogP contribution is -2.25. The van der Waals surface area contributed by atoms with Crippen LogP contribution in [0.2, 0.25) is 0 Å². The van der Waals surface area contributed by atoms with Crippen LogP contribution in [0, 0.1) is 11.3 Å². The van der Waals surface area contributed by atoms with Crippen molar-refractivity contribution in [2.45, 2.75) is 48.4 Å². The van der Waals surface area contributed by atoms with Gasteiger partial charge in [-0.05, 0) is 18.9 Å². The van der Waals surface area contributed by atoms with E-state index in [0.717, 1.165) is 19.3 Å². The largest absolute Gasteiger partial charge is 0.417 e. The molecule has 0 bridgehead atoms. The number of aromatic nitrogens is 1. The van der Waals surface area contributed by atoms with Crippen molar-refractivity contribution in [3.63, 3.8) is 0 Å². The van der Waals surface area contributed by atoms with Crippen molar-refractivity contribution in [3.05, 3.63) is 23.5 Å². The fourth-order valence-electron chi connectivity index (χ4n) is 2.46. The predicted octanol–water partition coefficient (Wildman–Crippen LogP) is 3.08. The molecule has 8 heteroatoms. The van der Waals surface area contributed by atoms with Gasteiger partial charge in [0.05, 0.1) is 10.8 Å². The van der Waals surface area contributed by atoms with Crippen molar-refractivity contribution in [1.29, 1.82) is 5.26 Å². The summed E-state index contributed by atoms with van der Waals surface area (Å²) in [6, 6.07) is 2.09. The molecule has 0 aromatic carbocycles. The molecule has 1 aliphatic carbocycles. The van der Waals surface area contributed by atoms with E-state index in [1.807, 2.05) is 0 Å². The van der Waals surface area contributed by atoms with E-state index in [4.69, 9.17) is 5.26 Å². The minimum Gasteiger partial charge on any atom is -0.244 e. The van der Waals surface area contributed by atoms with Crippen LogP contribution in [0.4, 0.5) is 13.2 Å². The van der Waals surface area contributed by atoms with Crippen molar-refractivity contribution in [2.75, 3.05) is 0 Å². The molecule has 0 amide bonds. The minimum atomic E-state index is -4.70. The zero-order valence-corrected chi connectivity index (χ0v) is 11.8. The van der Waals surface area contributed by atoms with Crippen LogP contribution >= 0.6 is 0 Å². The van der Waals surface area contributed by atoms with E-state index in [1.165, 1.54) is 0 Å². The first kappa shape index (κ1) is 15.8. The van der Waals surface area contributed by atoms with Crippen molar-refractivity contribution in [3.8, 4) is 6.07 Å². The van der Waals surface area contributed by atoms with Crippen molar-refractivity contribution < 1.29 is 21.6 Å². The number of nitriles is 1. The topological polar surface area (TPSA) is 70.8 Å². The maximum absolute atomic E-state index is 12.7. The first-order valence-electron chi connectivity index (χ1n) is 6.48. The molecule has 1 saturated carbocycles. The summed E-state index contributed by atoms with van der Waals surface area (Å²) in [6.07, 6.45) is -1.04. The van der Waals surface area contributed by atoms with Crippen molar-refractivity contribution in [1.82, 2.24) is 4.98 Å². The summed E-state index contributed by atoms with van der Waals surface area (Å²) in [5.41, 5.74) is -1.63. The Morgan fingerprint density at radius 2 is 1.86 bits per heavy atom. The van der Waals surface area contributed by atoms with Crippen LogP contribution < -0.4 is 0 Å². The van der Waals surface area contributed by atoms with Gasteiger partial charge in [-0.15, -0.1) is 0 Å². The molecular formula is C13H13F3N2O2S. The number of pyridine rings is 1. The summed E-state index contributed by atoms with van der Waals surface area (Å²) in [6.45, 7) is 0. The van der Waals surface area contributed by atoms with E-state index >= 15 is 0 Å². The highest BCUT2D eigenvalue weighted by Crippen LogP contribution is 2.34. The van der Waals surface area contributed by atoms with Crippen LogP contribution in [0.3, 0.4) is 0 Å². The molecule has 4 nitrogen and oxygen atoms in total. The molecular weight excluding hydrogens is 305 g/mol. The highest BCUT2D eigenvalue weighted by Gasteiger charge is 2.36. The second-order valence-corrected chi connectivity index (χ2v) is 7.18. The summed E-state index contributed by atoms with van der Waals surface area (Å²) in [5, 5.41) is 8.18. The molecule has 0 unspecified atom stereocenters. The molecule has 1 aromatic heterocycles. The Hall–Kier alpha value is -1.62. The number of alkyl halides is 3. The third-order valence-electron chi connectivity index (χ3n) is 3.58. The van der Waals surface area contributed by atoms with E-state index in [2.05, 4.69) is 4.98 Å². The zero-order chi connectivity index (χ0) is 15.7. The lowest BCUT2D eigenvalue weighted by atomic mass is 10.0. The number of hydrogen-bond acceptors (Lipinski definition) is 4. The molecule has 21 heavy (non-hydrogen) atoms. The normalized spacial score (nSPS) is 17.4. The van der Waals surface area contributed by atoms with Gasteiger partial charge in [0.15, 0.2) is 15.5 Å². The highest BCUT2D eigenvalue weighted by atomic mass is 32.2. The summed E-state index contributed by atoms with van der Waals surface area (Å²) in [7, 11) is -3.97. The van der Waals surface area contributed by atoms with Crippen LogP contribution in [-0.2, 0) is 16.0 Å². The Labute approximate surface area is 120 Å². The smallest absolute Gasteiger partial charge is 0.244 e. The van der Waals surface area contributed by atoms with Gasteiger partial charge in [0, 0.05) is 6.20 Å². The van der Waals surface area contributed by atoms with Gasteiger partial charge in [0.25, 0.3) is 0 Å². The van der Waals surface area contributed by atoms with E-state index in [0.29, 0.717) is 25.1 Å². The third kappa shape index (κ3) is 3.18. The molecule has 1 aromatic rings. The van der Waals surface area contributed by atoms with Crippen LogP contribution in [0.25, 0.3) is 0 Å². The summed E-state index contributed by atoms with van der Waals surface area (Å²) >= 11 is 0. The van der Waals surface area contributed by atoms with Gasteiger partial charge < -0.3 is 0 Å². The third-order valence-corrected chi connectivity index (χ3v) is 5.86. The van der Waals surface area contributed by atoms with Crippen LogP contribution in [-0.4, -0.2) is 18.7 Å². The lowest BCUT2D eigenvalue weighted by Gasteiger charge is -2.22. The van der Waals surface area contributed by atoms with Crippen molar-refractivity contribution in [2.24, 2.45) is 0 Å². The molecule has 0 radical (unpaired) electrons.